The fraction of sp³-hybridized carbons (Fsp3) is 1.00. The molecule has 84 valence electrons. The Bertz CT molecular complexity index is 68.5. The van der Waals surface area contributed by atoms with E-state index in [9.17, 15) is 0 Å². The van der Waals surface area contributed by atoms with Gasteiger partial charge in [-0.1, -0.05) is 26.7 Å². The van der Waals surface area contributed by atoms with Crippen LogP contribution in [0.1, 0.15) is 26.7 Å². The van der Waals surface area contributed by atoms with Crippen molar-refractivity contribution in [3.8, 4) is 0 Å². The van der Waals surface area contributed by atoms with Gasteiger partial charge in [0.1, 0.15) is 0 Å². The van der Waals surface area contributed by atoms with Crippen LogP contribution in [0, 0.1) is 0 Å². The van der Waals surface area contributed by atoms with E-state index in [0.717, 1.165) is 12.8 Å². The van der Waals surface area contributed by atoms with Crippen molar-refractivity contribution in [2.75, 3.05) is 13.2 Å². The first-order chi connectivity index (χ1) is 5.62. The summed E-state index contributed by atoms with van der Waals surface area (Å²) in [6, 6.07) is -0.519. The maximum Gasteiger partial charge on any atom is 2.00 e. The van der Waals surface area contributed by atoms with E-state index in [0.29, 0.717) is 0 Å². The van der Waals surface area contributed by atoms with Gasteiger partial charge in [0.2, 0.25) is 0 Å². The molecule has 0 rings (SSSR count). The Labute approximate surface area is 95.0 Å². The van der Waals surface area contributed by atoms with Crippen LogP contribution in [0.5, 0.6) is 0 Å². The van der Waals surface area contributed by atoms with Crippen LogP contribution >= 0.6 is 0 Å². The Morgan fingerprint density at radius 1 is 0.923 bits per heavy atom. The first kappa shape index (κ1) is 19.2. The van der Waals surface area contributed by atoms with E-state index in [-0.39, 0.29) is 46.4 Å². The summed E-state index contributed by atoms with van der Waals surface area (Å²) in [6.45, 7) is 3.76. The molecule has 4 N–H and O–H groups in total. The zero-order valence-electron chi connectivity index (χ0n) is 8.19. The second-order valence-corrected chi connectivity index (χ2v) is 2.58. The minimum Gasteiger partial charge on any atom is -0.673 e. The molecule has 0 spiro atoms. The van der Waals surface area contributed by atoms with Crippen molar-refractivity contribution < 1.29 is 31.3 Å². The minimum atomic E-state index is -0.259. The molecule has 0 bridgehead atoms. The van der Waals surface area contributed by atoms with Gasteiger partial charge in [0.25, 0.3) is 0 Å². The molecule has 0 saturated heterocycles. The average molecular weight is 371 g/mol. The second kappa shape index (κ2) is 15.0. The van der Waals surface area contributed by atoms with Crippen LogP contribution in [0.4, 0.5) is 0 Å². The fourth-order valence-electron chi connectivity index (χ4n) is 0.258. The molecule has 13 heavy (non-hydrogen) atoms. The molecule has 2 atom stereocenters. The minimum absolute atomic E-state index is 0. The Kier molecular flexibility index (Phi) is 22.1. The zero-order valence-corrected chi connectivity index (χ0v) is 10.5. The molecule has 0 fully saturated rings. The molecule has 0 aliphatic heterocycles. The summed E-state index contributed by atoms with van der Waals surface area (Å²) in [5.41, 5.74) is 13.6. The Hall–Kier alpha value is 0.528. The maximum absolute atomic E-state index is 8.15. The monoisotopic (exact) mass is 371 g/mol. The van der Waals surface area contributed by atoms with Crippen molar-refractivity contribution in [1.82, 2.24) is 0 Å². The summed E-state index contributed by atoms with van der Waals surface area (Å²) >= 11 is 0. The number of nitrogens with one attached hydrogen (secondary N) is 2. The summed E-state index contributed by atoms with van der Waals surface area (Å²) in [6.07, 6.45) is 1.49. The normalized spacial score (nSPS) is 13.4. The van der Waals surface area contributed by atoms with Crippen molar-refractivity contribution in [1.29, 1.82) is 0 Å². The number of hydrogen-bond acceptors (Lipinski definition) is 2. The molecule has 0 aromatic rings. The molecule has 5 heteroatoms. The summed E-state index contributed by atoms with van der Waals surface area (Å²) in [5, 5.41) is 16.3. The van der Waals surface area contributed by atoms with Crippen LogP contribution in [-0.4, -0.2) is 35.5 Å². The van der Waals surface area contributed by atoms with E-state index in [1.165, 1.54) is 0 Å². The zero-order chi connectivity index (χ0) is 9.98. The molecule has 4 nitrogen and oxygen atoms in total. The molecule has 0 aromatic carbocycles. The molecule has 0 radical (unpaired) electrons. The molecule has 0 amide bonds. The van der Waals surface area contributed by atoms with Gasteiger partial charge >= 0.3 is 21.1 Å². The summed E-state index contributed by atoms with van der Waals surface area (Å²) < 4.78 is 0. The third-order valence-corrected chi connectivity index (χ3v) is 1.43. The van der Waals surface area contributed by atoms with E-state index in [2.05, 4.69) is 0 Å². The quantitative estimate of drug-likeness (QED) is 0.787. The van der Waals surface area contributed by atoms with Gasteiger partial charge in [0.15, 0.2) is 0 Å². The largest absolute Gasteiger partial charge is 2.00 e. The molecule has 0 heterocycles. The first-order valence-corrected chi connectivity index (χ1v) is 4.26. The van der Waals surface area contributed by atoms with Crippen molar-refractivity contribution in [3.63, 3.8) is 0 Å². The van der Waals surface area contributed by atoms with Crippen molar-refractivity contribution in [3.05, 3.63) is 11.5 Å². The van der Waals surface area contributed by atoms with Gasteiger partial charge in [-0.25, -0.2) is 0 Å². The van der Waals surface area contributed by atoms with Gasteiger partial charge in [-0.3, -0.25) is 0 Å². The predicted octanol–water partition coefficient (Wildman–Crippen LogP) is 1.62. The second-order valence-electron chi connectivity index (χ2n) is 2.58. The number of hydrogen-bond donors (Lipinski definition) is 2. The van der Waals surface area contributed by atoms with E-state index in [4.69, 9.17) is 21.7 Å². The molecule has 0 aliphatic rings. The fourth-order valence-corrected chi connectivity index (χ4v) is 0.258. The van der Waals surface area contributed by atoms with E-state index in [1.807, 2.05) is 13.8 Å². The summed E-state index contributed by atoms with van der Waals surface area (Å²) in [7, 11) is 0. The molecule has 0 saturated carbocycles. The van der Waals surface area contributed by atoms with Crippen LogP contribution in [0.3, 0.4) is 0 Å². The molecule has 2 unspecified atom stereocenters. The SMILES string of the molecule is CCC([NH-])CO.CCC([NH-])CO.[Pt+2]. The third kappa shape index (κ3) is 19.1. The van der Waals surface area contributed by atoms with E-state index in [1.54, 1.807) is 0 Å². The molecule has 0 aromatic heterocycles. The van der Waals surface area contributed by atoms with E-state index >= 15 is 0 Å². The average Bonchev–Trinajstić information content (AvgIpc) is 2.16. The van der Waals surface area contributed by atoms with Gasteiger partial charge in [0, 0.05) is 13.2 Å². The first-order valence-electron chi connectivity index (χ1n) is 4.26. The number of aliphatic hydroxyl groups excluding tert-OH is 2. The number of aliphatic hydroxyl groups is 2. The standard InChI is InChI=1S/2C4H10NO.Pt/c2*1-2-4(5)3-6;/h2*4-6H,2-3H2,1H3;/q2*-1;+2. The summed E-state index contributed by atoms with van der Waals surface area (Å²) in [5.74, 6) is 0. The Balaban J connectivity index is -0.000000143. The van der Waals surface area contributed by atoms with Crippen LogP contribution in [-0.2, 0) is 21.1 Å². The molecular weight excluding hydrogens is 351 g/mol. The van der Waals surface area contributed by atoms with Crippen molar-refractivity contribution in [2.24, 2.45) is 0 Å². The summed E-state index contributed by atoms with van der Waals surface area (Å²) in [4.78, 5) is 0. The smallest absolute Gasteiger partial charge is 0.673 e. The van der Waals surface area contributed by atoms with Crippen LogP contribution in [0.25, 0.3) is 11.5 Å². The molecular formula is C8H20N2O2Pt. The van der Waals surface area contributed by atoms with Crippen LogP contribution in [0.15, 0.2) is 0 Å². The van der Waals surface area contributed by atoms with Gasteiger partial charge in [-0.05, 0) is 0 Å². The van der Waals surface area contributed by atoms with E-state index < -0.39 is 0 Å². The molecule has 0 aliphatic carbocycles. The van der Waals surface area contributed by atoms with Gasteiger partial charge in [-0.15, -0.1) is 12.1 Å². The van der Waals surface area contributed by atoms with Gasteiger partial charge < -0.3 is 21.7 Å². The maximum atomic E-state index is 8.15. The third-order valence-electron chi connectivity index (χ3n) is 1.43. The van der Waals surface area contributed by atoms with Gasteiger partial charge in [0.05, 0.1) is 0 Å². The van der Waals surface area contributed by atoms with Crippen molar-refractivity contribution in [2.45, 2.75) is 38.8 Å². The Morgan fingerprint density at radius 3 is 1.15 bits per heavy atom. The van der Waals surface area contributed by atoms with Crippen LogP contribution in [0.2, 0.25) is 0 Å². The number of rotatable bonds is 4. The van der Waals surface area contributed by atoms with Gasteiger partial charge in [-0.2, -0.15) is 0 Å². The Morgan fingerprint density at radius 2 is 1.15 bits per heavy atom. The van der Waals surface area contributed by atoms with Crippen LogP contribution < -0.4 is 0 Å². The topological polar surface area (TPSA) is 88.1 Å². The van der Waals surface area contributed by atoms with Crippen molar-refractivity contribution >= 4 is 0 Å². The predicted molar refractivity (Wildman–Crippen MR) is 51.0 cm³/mol.